The van der Waals surface area contributed by atoms with Crippen LogP contribution >= 0.6 is 11.8 Å². The molecule has 3 nitrogen and oxygen atoms in total. The van der Waals surface area contributed by atoms with Gasteiger partial charge in [-0.15, -0.1) is 0 Å². The fourth-order valence-electron chi connectivity index (χ4n) is 4.64. The number of hydrogen-bond donors (Lipinski definition) is 1. The Morgan fingerprint density at radius 1 is 1.31 bits per heavy atom. The van der Waals surface area contributed by atoms with Crippen molar-refractivity contribution in [1.82, 2.24) is 9.88 Å². The van der Waals surface area contributed by atoms with E-state index >= 15 is 0 Å². The molecule has 1 aliphatic carbocycles. The Labute approximate surface area is 161 Å². The molecule has 0 spiro atoms. The van der Waals surface area contributed by atoms with Crippen molar-refractivity contribution < 1.29 is 0 Å². The second-order valence-electron chi connectivity index (χ2n) is 8.28. The number of likely N-dealkylation sites (tertiary alicyclic amines) is 1. The van der Waals surface area contributed by atoms with Crippen molar-refractivity contribution >= 4 is 22.7 Å². The molecule has 4 rings (SSSR count). The van der Waals surface area contributed by atoms with Crippen LogP contribution in [0, 0.1) is 23.5 Å². The van der Waals surface area contributed by atoms with Gasteiger partial charge in [0.05, 0.1) is 0 Å². The SMILES string of the molecule is Cc1cc(C2CC2)c(CN2CCC(CC(C)SC#N)CC2)c2cc[nH]c12. The monoisotopic (exact) mass is 367 g/mol. The first-order valence-corrected chi connectivity index (χ1v) is 10.9. The molecule has 1 saturated carbocycles. The minimum absolute atomic E-state index is 0.467. The van der Waals surface area contributed by atoms with Crippen LogP contribution in [0.1, 0.15) is 61.6 Å². The van der Waals surface area contributed by atoms with Crippen LogP contribution in [0.25, 0.3) is 10.9 Å². The number of benzene rings is 1. The molecule has 4 heteroatoms. The zero-order valence-corrected chi connectivity index (χ0v) is 16.7. The number of aryl methyl sites for hydroxylation is 1. The Balaban J connectivity index is 1.45. The molecule has 1 aliphatic heterocycles. The molecule has 1 saturated heterocycles. The molecule has 0 amide bonds. The summed E-state index contributed by atoms with van der Waals surface area (Å²) in [4.78, 5) is 6.10. The number of nitrogens with one attached hydrogen (secondary N) is 1. The highest BCUT2D eigenvalue weighted by atomic mass is 32.2. The molecule has 2 aromatic rings. The van der Waals surface area contributed by atoms with Crippen molar-refractivity contribution in [3.63, 3.8) is 0 Å². The highest BCUT2D eigenvalue weighted by Gasteiger charge is 2.29. The summed E-state index contributed by atoms with van der Waals surface area (Å²) in [5.74, 6) is 1.58. The third-order valence-corrected chi connectivity index (χ3v) is 6.91. The van der Waals surface area contributed by atoms with Gasteiger partial charge >= 0.3 is 0 Å². The van der Waals surface area contributed by atoms with E-state index in [1.807, 2.05) is 0 Å². The Hall–Kier alpha value is -1.44. The average Bonchev–Trinajstić information content (AvgIpc) is 3.35. The lowest BCUT2D eigenvalue weighted by atomic mass is 9.91. The van der Waals surface area contributed by atoms with E-state index in [1.165, 1.54) is 73.4 Å². The van der Waals surface area contributed by atoms with Gasteiger partial charge in [-0.05, 0) is 98.5 Å². The standard InChI is InChI=1S/C22H29N3S/c1-15-11-20(18-3-4-18)21(19-5-8-24-22(15)19)13-25-9-6-17(7-10-25)12-16(2)26-14-23/h5,8,11,16-18,24H,3-4,6-7,9-10,12-13H2,1-2H3. The van der Waals surface area contributed by atoms with Crippen LogP contribution in [-0.4, -0.2) is 28.2 Å². The normalized spacial score (nSPS) is 20.3. The number of aromatic nitrogens is 1. The highest BCUT2D eigenvalue weighted by molar-refractivity contribution is 8.04. The van der Waals surface area contributed by atoms with E-state index in [0.717, 1.165) is 18.4 Å². The van der Waals surface area contributed by atoms with Crippen LogP contribution in [0.2, 0.25) is 0 Å². The lowest BCUT2D eigenvalue weighted by Crippen LogP contribution is -2.34. The maximum absolute atomic E-state index is 8.84. The molecule has 1 aromatic heterocycles. The van der Waals surface area contributed by atoms with Crippen LogP contribution in [0.4, 0.5) is 0 Å². The number of nitriles is 1. The maximum atomic E-state index is 8.84. The third-order valence-electron chi connectivity index (χ3n) is 6.21. The van der Waals surface area contributed by atoms with Gasteiger partial charge in [0.25, 0.3) is 0 Å². The van der Waals surface area contributed by atoms with Crippen molar-refractivity contribution in [2.24, 2.45) is 5.92 Å². The zero-order valence-electron chi connectivity index (χ0n) is 15.9. The molecular formula is C22H29N3S. The molecule has 1 N–H and O–H groups in total. The predicted octanol–water partition coefficient (Wildman–Crippen LogP) is 5.56. The van der Waals surface area contributed by atoms with Gasteiger partial charge < -0.3 is 4.98 Å². The fourth-order valence-corrected chi connectivity index (χ4v) is 5.19. The molecule has 1 atom stereocenters. The Morgan fingerprint density at radius 2 is 2.08 bits per heavy atom. The third kappa shape index (κ3) is 3.80. The summed E-state index contributed by atoms with van der Waals surface area (Å²) in [6.07, 6.45) is 8.55. The van der Waals surface area contributed by atoms with Crippen molar-refractivity contribution in [1.29, 1.82) is 5.26 Å². The number of nitrogens with zero attached hydrogens (tertiary/aromatic N) is 2. The van der Waals surface area contributed by atoms with Crippen LogP contribution in [-0.2, 0) is 6.54 Å². The Kier molecular flexibility index (Phi) is 5.29. The number of rotatable bonds is 6. The van der Waals surface area contributed by atoms with Crippen molar-refractivity contribution in [2.75, 3.05) is 13.1 Å². The van der Waals surface area contributed by atoms with Gasteiger partial charge in [0.15, 0.2) is 0 Å². The van der Waals surface area contributed by atoms with Gasteiger partial charge in [0.1, 0.15) is 5.40 Å². The maximum Gasteiger partial charge on any atom is 0.133 e. The van der Waals surface area contributed by atoms with Crippen LogP contribution in [0.5, 0.6) is 0 Å². The first-order chi connectivity index (χ1) is 12.7. The van der Waals surface area contributed by atoms with Gasteiger partial charge in [-0.3, -0.25) is 4.90 Å². The van der Waals surface area contributed by atoms with E-state index in [9.17, 15) is 0 Å². The smallest absolute Gasteiger partial charge is 0.133 e. The average molecular weight is 368 g/mol. The number of aromatic amines is 1. The number of fused-ring (bicyclic) bond motifs is 1. The summed E-state index contributed by atoms with van der Waals surface area (Å²) in [6.45, 7) is 7.91. The fraction of sp³-hybridized carbons (Fsp3) is 0.591. The van der Waals surface area contributed by atoms with Gasteiger partial charge in [-0.25, -0.2) is 0 Å². The summed E-state index contributed by atoms with van der Waals surface area (Å²) < 4.78 is 0. The second-order valence-corrected chi connectivity index (χ2v) is 9.50. The first-order valence-electron chi connectivity index (χ1n) is 10.0. The molecule has 2 fully saturated rings. The van der Waals surface area contributed by atoms with Crippen molar-refractivity contribution in [3.05, 3.63) is 35.0 Å². The number of thioether (sulfide) groups is 1. The lowest BCUT2D eigenvalue weighted by molar-refractivity contribution is 0.173. The summed E-state index contributed by atoms with van der Waals surface area (Å²) in [6, 6.07) is 4.72. The first kappa shape index (κ1) is 17.9. The van der Waals surface area contributed by atoms with Crippen LogP contribution in [0.15, 0.2) is 18.3 Å². The van der Waals surface area contributed by atoms with E-state index in [0.29, 0.717) is 5.25 Å². The second kappa shape index (κ2) is 7.66. The van der Waals surface area contributed by atoms with E-state index in [4.69, 9.17) is 5.26 Å². The zero-order chi connectivity index (χ0) is 18.1. The number of hydrogen-bond acceptors (Lipinski definition) is 3. The molecule has 138 valence electrons. The molecule has 2 aliphatic rings. The largest absolute Gasteiger partial charge is 0.361 e. The molecule has 1 aromatic carbocycles. The lowest BCUT2D eigenvalue weighted by Gasteiger charge is -2.33. The molecular weight excluding hydrogens is 338 g/mol. The number of H-pyrrole nitrogens is 1. The van der Waals surface area contributed by atoms with E-state index < -0.39 is 0 Å². The van der Waals surface area contributed by atoms with Crippen molar-refractivity contribution in [2.45, 2.75) is 63.7 Å². The molecule has 2 heterocycles. The van der Waals surface area contributed by atoms with E-state index in [2.05, 4.69) is 47.5 Å². The van der Waals surface area contributed by atoms with Gasteiger partial charge in [0, 0.05) is 28.9 Å². The highest BCUT2D eigenvalue weighted by Crippen LogP contribution is 2.44. The molecule has 0 bridgehead atoms. The van der Waals surface area contributed by atoms with E-state index in [1.54, 1.807) is 11.1 Å². The molecule has 1 unspecified atom stereocenters. The minimum atomic E-state index is 0.467. The summed E-state index contributed by atoms with van der Waals surface area (Å²) >= 11 is 1.43. The van der Waals surface area contributed by atoms with Crippen LogP contribution < -0.4 is 0 Å². The summed E-state index contributed by atoms with van der Waals surface area (Å²) in [5, 5.41) is 13.0. The van der Waals surface area contributed by atoms with Crippen LogP contribution in [0.3, 0.4) is 0 Å². The van der Waals surface area contributed by atoms with Gasteiger partial charge in [-0.1, -0.05) is 13.0 Å². The topological polar surface area (TPSA) is 42.8 Å². The van der Waals surface area contributed by atoms with Crippen molar-refractivity contribution in [3.8, 4) is 5.40 Å². The van der Waals surface area contributed by atoms with E-state index in [-0.39, 0.29) is 0 Å². The predicted molar refractivity (Wildman–Crippen MR) is 110 cm³/mol. The van der Waals surface area contributed by atoms with Gasteiger partial charge in [0.2, 0.25) is 0 Å². The number of thiocyanates is 1. The summed E-state index contributed by atoms with van der Waals surface area (Å²) in [7, 11) is 0. The quantitative estimate of drug-likeness (QED) is 0.680. The minimum Gasteiger partial charge on any atom is -0.361 e. The number of piperidine rings is 1. The Morgan fingerprint density at radius 3 is 2.77 bits per heavy atom. The molecule has 26 heavy (non-hydrogen) atoms. The summed E-state index contributed by atoms with van der Waals surface area (Å²) in [5.41, 5.74) is 5.89. The van der Waals surface area contributed by atoms with Gasteiger partial charge in [-0.2, -0.15) is 5.26 Å². The molecule has 0 radical (unpaired) electrons. The Bertz CT molecular complexity index is 807.